The molecule has 0 amide bonds. The van der Waals surface area contributed by atoms with Crippen LogP contribution in [0.2, 0.25) is 5.02 Å². The number of nitrogens with zero attached hydrogens (tertiary/aromatic N) is 2. The Kier molecular flexibility index (Phi) is 4.70. The lowest BCUT2D eigenvalue weighted by Gasteiger charge is -2.46. The van der Waals surface area contributed by atoms with E-state index in [4.69, 9.17) is 36.5 Å². The number of fused-ring (bicyclic) bond motifs is 2. The fraction of sp³-hybridized carbons (Fsp3) is 0.400. The van der Waals surface area contributed by atoms with Gasteiger partial charge in [-0.15, -0.1) is 0 Å². The summed E-state index contributed by atoms with van der Waals surface area (Å²) in [6.07, 6.45) is 4.18. The Morgan fingerprint density at radius 1 is 1.33 bits per heavy atom. The fourth-order valence-electron chi connectivity index (χ4n) is 4.03. The van der Waals surface area contributed by atoms with Crippen LogP contribution in [0.25, 0.3) is 11.1 Å². The van der Waals surface area contributed by atoms with Crippen molar-refractivity contribution in [1.29, 1.82) is 0 Å². The molecule has 2 aliphatic heterocycles. The number of nitrogens with two attached hydrogens (primary N) is 1. The van der Waals surface area contributed by atoms with E-state index >= 15 is 0 Å². The van der Waals surface area contributed by atoms with E-state index in [0.717, 1.165) is 28.9 Å². The molecule has 142 valence electrons. The SMILES string of the molecule is CO/C(N)=N\[C@]1(C)c2cc(-c3cncc(Cl)c3)ccc2O[C@@H]2COCC[C@H]21. The number of hydrogen-bond acceptors (Lipinski definition) is 5. The molecule has 1 saturated heterocycles. The number of hydrogen-bond donors (Lipinski definition) is 1. The predicted octanol–water partition coefficient (Wildman–Crippen LogP) is 3.38. The Balaban J connectivity index is 1.86. The lowest BCUT2D eigenvalue weighted by atomic mass is 9.72. The molecule has 0 unspecified atom stereocenters. The number of aliphatic imine (C=N–C) groups is 1. The largest absolute Gasteiger partial charge is 0.487 e. The molecule has 27 heavy (non-hydrogen) atoms. The van der Waals surface area contributed by atoms with Crippen molar-refractivity contribution >= 4 is 17.6 Å². The first kappa shape index (κ1) is 18.1. The van der Waals surface area contributed by atoms with E-state index in [2.05, 4.69) is 18.0 Å². The lowest BCUT2D eigenvalue weighted by Crippen LogP contribution is -2.51. The molecule has 3 atom stereocenters. The van der Waals surface area contributed by atoms with Crippen molar-refractivity contribution in [3.63, 3.8) is 0 Å². The third kappa shape index (κ3) is 3.24. The third-order valence-electron chi connectivity index (χ3n) is 5.42. The van der Waals surface area contributed by atoms with Gasteiger partial charge >= 0.3 is 0 Å². The van der Waals surface area contributed by atoms with Crippen LogP contribution < -0.4 is 10.5 Å². The molecule has 0 spiro atoms. The molecule has 4 rings (SSSR count). The fourth-order valence-corrected chi connectivity index (χ4v) is 4.20. The minimum Gasteiger partial charge on any atom is -0.487 e. The molecule has 6 nitrogen and oxygen atoms in total. The number of pyridine rings is 1. The number of ether oxygens (including phenoxy) is 3. The molecule has 3 heterocycles. The van der Waals surface area contributed by atoms with E-state index < -0.39 is 5.54 Å². The van der Waals surface area contributed by atoms with E-state index in [1.165, 1.54) is 7.11 Å². The summed E-state index contributed by atoms with van der Waals surface area (Å²) in [4.78, 5) is 8.95. The molecule has 0 bridgehead atoms. The first-order valence-corrected chi connectivity index (χ1v) is 9.28. The van der Waals surface area contributed by atoms with Gasteiger partial charge in [-0.3, -0.25) is 4.98 Å². The minimum absolute atomic E-state index is 0.0663. The van der Waals surface area contributed by atoms with Crippen molar-refractivity contribution in [2.24, 2.45) is 16.6 Å². The summed E-state index contributed by atoms with van der Waals surface area (Å²) in [6.45, 7) is 3.31. The maximum absolute atomic E-state index is 6.24. The molecular weight excluding hydrogens is 366 g/mol. The van der Waals surface area contributed by atoms with Gasteiger partial charge in [-0.25, -0.2) is 4.99 Å². The Morgan fingerprint density at radius 2 is 2.19 bits per heavy atom. The number of aromatic nitrogens is 1. The summed E-state index contributed by atoms with van der Waals surface area (Å²) < 4.78 is 17.0. The Morgan fingerprint density at radius 3 is 2.96 bits per heavy atom. The monoisotopic (exact) mass is 387 g/mol. The van der Waals surface area contributed by atoms with Crippen LogP contribution in [0, 0.1) is 5.92 Å². The van der Waals surface area contributed by atoms with Gasteiger partial charge in [0.25, 0.3) is 6.02 Å². The van der Waals surface area contributed by atoms with Gasteiger partial charge in [-0.2, -0.15) is 0 Å². The average Bonchev–Trinajstić information content (AvgIpc) is 2.68. The molecule has 2 aromatic rings. The molecule has 2 aliphatic rings. The highest BCUT2D eigenvalue weighted by Crippen LogP contribution is 2.49. The number of halogens is 1. The zero-order chi connectivity index (χ0) is 19.0. The van der Waals surface area contributed by atoms with Crippen LogP contribution in [0.1, 0.15) is 18.9 Å². The third-order valence-corrected chi connectivity index (χ3v) is 5.63. The van der Waals surface area contributed by atoms with Crippen LogP contribution in [0.4, 0.5) is 0 Å². The van der Waals surface area contributed by atoms with Crippen LogP contribution in [0.15, 0.2) is 41.7 Å². The number of benzene rings is 1. The number of amidine groups is 1. The molecule has 1 fully saturated rings. The van der Waals surface area contributed by atoms with Crippen LogP contribution >= 0.6 is 11.6 Å². The van der Waals surface area contributed by atoms with Gasteiger partial charge in [-0.05, 0) is 37.1 Å². The van der Waals surface area contributed by atoms with Crippen molar-refractivity contribution < 1.29 is 14.2 Å². The lowest BCUT2D eigenvalue weighted by molar-refractivity contribution is -0.0665. The maximum atomic E-state index is 6.24. The summed E-state index contributed by atoms with van der Waals surface area (Å²) in [5.74, 6) is 0.927. The van der Waals surface area contributed by atoms with Crippen molar-refractivity contribution in [3.8, 4) is 16.9 Å². The van der Waals surface area contributed by atoms with Crippen LogP contribution in [-0.2, 0) is 15.0 Å². The van der Waals surface area contributed by atoms with Crippen molar-refractivity contribution in [1.82, 2.24) is 4.98 Å². The highest BCUT2D eigenvalue weighted by molar-refractivity contribution is 6.30. The number of methoxy groups -OCH3 is 1. The molecule has 0 aliphatic carbocycles. The highest BCUT2D eigenvalue weighted by atomic mass is 35.5. The smallest absolute Gasteiger partial charge is 0.282 e. The van der Waals surface area contributed by atoms with Crippen molar-refractivity contribution in [2.45, 2.75) is 25.0 Å². The standard InChI is InChI=1S/C20H22ClN3O3/c1-20(24-19(22)25-2)15-5-6-26-11-18(15)27-17-4-3-12(8-16(17)20)13-7-14(21)10-23-9-13/h3-4,7-10,15,18H,5-6,11H2,1-2H3,(H2,22,24)/t15-,18-,20+/m1/s1. The van der Waals surface area contributed by atoms with Crippen LogP contribution in [0.3, 0.4) is 0 Å². The minimum atomic E-state index is -0.579. The summed E-state index contributed by atoms with van der Waals surface area (Å²) in [5, 5.41) is 0.593. The van der Waals surface area contributed by atoms with Gasteiger partial charge in [0, 0.05) is 36.0 Å². The Bertz CT molecular complexity index is 889. The van der Waals surface area contributed by atoms with E-state index in [-0.39, 0.29) is 18.0 Å². The first-order valence-electron chi connectivity index (χ1n) is 8.90. The summed E-state index contributed by atoms with van der Waals surface area (Å²) >= 11 is 6.12. The Labute approximate surface area is 163 Å². The Hall–Kier alpha value is -2.31. The van der Waals surface area contributed by atoms with Gasteiger partial charge in [-0.1, -0.05) is 17.7 Å². The summed E-state index contributed by atoms with van der Waals surface area (Å²) in [6, 6.07) is 8.10. The van der Waals surface area contributed by atoms with Crippen LogP contribution in [-0.4, -0.2) is 37.4 Å². The van der Waals surface area contributed by atoms with Gasteiger partial charge in [0.1, 0.15) is 11.9 Å². The van der Waals surface area contributed by atoms with Gasteiger partial charge < -0.3 is 19.9 Å². The second-order valence-corrected chi connectivity index (χ2v) is 7.47. The zero-order valence-corrected chi connectivity index (χ0v) is 16.1. The highest BCUT2D eigenvalue weighted by Gasteiger charge is 2.49. The normalized spacial score (nSPS) is 27.3. The topological polar surface area (TPSA) is 79.0 Å². The molecule has 0 saturated carbocycles. The van der Waals surface area contributed by atoms with Crippen molar-refractivity contribution in [3.05, 3.63) is 47.2 Å². The maximum Gasteiger partial charge on any atom is 0.282 e. The molecule has 7 heteroatoms. The summed E-state index contributed by atoms with van der Waals surface area (Å²) in [5.41, 5.74) is 8.29. The summed E-state index contributed by atoms with van der Waals surface area (Å²) in [7, 11) is 1.53. The second kappa shape index (κ2) is 7.02. The molecule has 0 radical (unpaired) electrons. The quantitative estimate of drug-likeness (QED) is 0.631. The van der Waals surface area contributed by atoms with Crippen LogP contribution in [0.5, 0.6) is 5.75 Å². The molecular formula is C20H22ClN3O3. The van der Waals surface area contributed by atoms with E-state index in [1.807, 2.05) is 18.2 Å². The van der Waals surface area contributed by atoms with Gasteiger partial charge in [0.05, 0.1) is 24.3 Å². The van der Waals surface area contributed by atoms with E-state index in [9.17, 15) is 0 Å². The molecule has 1 aromatic carbocycles. The molecule has 2 N–H and O–H groups in total. The molecule has 1 aromatic heterocycles. The first-order chi connectivity index (χ1) is 13.0. The number of rotatable bonds is 2. The van der Waals surface area contributed by atoms with E-state index in [1.54, 1.807) is 12.4 Å². The van der Waals surface area contributed by atoms with Crippen molar-refractivity contribution in [2.75, 3.05) is 20.3 Å². The second-order valence-electron chi connectivity index (χ2n) is 7.03. The van der Waals surface area contributed by atoms with Gasteiger partial charge in [0.2, 0.25) is 0 Å². The zero-order valence-electron chi connectivity index (χ0n) is 15.3. The predicted molar refractivity (Wildman–Crippen MR) is 104 cm³/mol. The van der Waals surface area contributed by atoms with E-state index in [0.29, 0.717) is 18.2 Å². The van der Waals surface area contributed by atoms with Gasteiger partial charge in [0.15, 0.2) is 0 Å². The average molecular weight is 388 g/mol.